The van der Waals surface area contributed by atoms with Gasteiger partial charge in [-0.2, -0.15) is 5.26 Å². The molecule has 1 fully saturated rings. The van der Waals surface area contributed by atoms with Gasteiger partial charge in [-0.3, -0.25) is 4.79 Å². The summed E-state index contributed by atoms with van der Waals surface area (Å²) in [6, 6.07) is 5.75. The van der Waals surface area contributed by atoms with Crippen molar-refractivity contribution in [2.75, 3.05) is 31.1 Å². The average molecular weight is 244 g/mol. The van der Waals surface area contributed by atoms with E-state index in [1.165, 1.54) is 0 Å². The Labute approximate surface area is 107 Å². The smallest absolute Gasteiger partial charge is 0.219 e. The van der Waals surface area contributed by atoms with Gasteiger partial charge in [-0.15, -0.1) is 0 Å². The minimum atomic E-state index is 0.129. The zero-order chi connectivity index (χ0) is 13.0. The molecule has 5 heteroatoms. The minimum absolute atomic E-state index is 0.129. The van der Waals surface area contributed by atoms with E-state index in [0.717, 1.165) is 38.3 Å². The molecule has 1 saturated heterocycles. The van der Waals surface area contributed by atoms with Crippen LogP contribution < -0.4 is 4.90 Å². The maximum atomic E-state index is 11.3. The molecule has 94 valence electrons. The molecular formula is C13H16N4O. The normalized spacial score (nSPS) is 16.0. The lowest BCUT2D eigenvalue weighted by molar-refractivity contribution is -0.128. The van der Waals surface area contributed by atoms with Gasteiger partial charge < -0.3 is 9.80 Å². The van der Waals surface area contributed by atoms with Gasteiger partial charge >= 0.3 is 0 Å². The maximum Gasteiger partial charge on any atom is 0.219 e. The Balaban J connectivity index is 2.10. The van der Waals surface area contributed by atoms with Crippen molar-refractivity contribution in [2.45, 2.75) is 13.3 Å². The quantitative estimate of drug-likeness (QED) is 0.739. The van der Waals surface area contributed by atoms with E-state index in [1.54, 1.807) is 19.2 Å². The van der Waals surface area contributed by atoms with Gasteiger partial charge in [0.2, 0.25) is 5.91 Å². The molecule has 18 heavy (non-hydrogen) atoms. The topological polar surface area (TPSA) is 60.2 Å². The zero-order valence-corrected chi connectivity index (χ0v) is 10.5. The van der Waals surface area contributed by atoms with E-state index in [0.29, 0.717) is 5.69 Å². The summed E-state index contributed by atoms with van der Waals surface area (Å²) < 4.78 is 0. The molecular weight excluding hydrogens is 228 g/mol. The number of nitriles is 1. The summed E-state index contributed by atoms with van der Waals surface area (Å²) in [7, 11) is 0. The SMILES string of the molecule is CC(=O)N1CCCN(c2ccnc(C#N)c2)CC1. The molecule has 0 spiro atoms. The highest BCUT2D eigenvalue weighted by molar-refractivity contribution is 5.73. The van der Waals surface area contributed by atoms with Crippen molar-refractivity contribution in [1.29, 1.82) is 5.26 Å². The summed E-state index contributed by atoms with van der Waals surface area (Å²) in [6.45, 7) is 4.85. The van der Waals surface area contributed by atoms with Gasteiger partial charge in [0.25, 0.3) is 0 Å². The monoisotopic (exact) mass is 244 g/mol. The Bertz CT molecular complexity index is 480. The van der Waals surface area contributed by atoms with Gasteiger partial charge in [0.05, 0.1) is 0 Å². The first-order valence-corrected chi connectivity index (χ1v) is 6.07. The number of hydrogen-bond acceptors (Lipinski definition) is 4. The lowest BCUT2D eigenvalue weighted by Crippen LogP contribution is -2.33. The van der Waals surface area contributed by atoms with Gasteiger partial charge in [0.1, 0.15) is 11.8 Å². The number of carbonyl (C=O) groups excluding carboxylic acids is 1. The highest BCUT2D eigenvalue weighted by atomic mass is 16.2. The van der Waals surface area contributed by atoms with Gasteiger partial charge in [-0.05, 0) is 18.6 Å². The second kappa shape index (κ2) is 5.50. The van der Waals surface area contributed by atoms with Crippen LogP contribution in [0.2, 0.25) is 0 Å². The second-order valence-electron chi connectivity index (χ2n) is 4.36. The van der Waals surface area contributed by atoms with Gasteiger partial charge in [0, 0.05) is 45.0 Å². The molecule has 2 heterocycles. The van der Waals surface area contributed by atoms with Gasteiger partial charge in [-0.25, -0.2) is 4.98 Å². The number of hydrogen-bond donors (Lipinski definition) is 0. The minimum Gasteiger partial charge on any atom is -0.370 e. The predicted octanol–water partition coefficient (Wildman–Crippen LogP) is 1.01. The van der Waals surface area contributed by atoms with Crippen molar-refractivity contribution in [1.82, 2.24) is 9.88 Å². The van der Waals surface area contributed by atoms with E-state index in [-0.39, 0.29) is 5.91 Å². The molecule has 2 rings (SSSR count). The fraction of sp³-hybridized carbons (Fsp3) is 0.462. The van der Waals surface area contributed by atoms with Crippen molar-refractivity contribution < 1.29 is 4.79 Å². The molecule has 5 nitrogen and oxygen atoms in total. The van der Waals surface area contributed by atoms with Crippen molar-refractivity contribution in [3.05, 3.63) is 24.0 Å². The van der Waals surface area contributed by atoms with Crippen LogP contribution in [0.15, 0.2) is 18.3 Å². The van der Waals surface area contributed by atoms with Crippen LogP contribution in [0.1, 0.15) is 19.0 Å². The third-order valence-corrected chi connectivity index (χ3v) is 3.16. The number of anilines is 1. The maximum absolute atomic E-state index is 11.3. The number of amides is 1. The van der Waals surface area contributed by atoms with Crippen LogP contribution in [-0.4, -0.2) is 42.0 Å². The molecule has 0 radical (unpaired) electrons. The predicted molar refractivity (Wildman–Crippen MR) is 68.0 cm³/mol. The molecule has 1 aliphatic rings. The van der Waals surface area contributed by atoms with Crippen molar-refractivity contribution in [2.24, 2.45) is 0 Å². The number of aromatic nitrogens is 1. The lowest BCUT2D eigenvalue weighted by Gasteiger charge is -2.23. The first kappa shape index (κ1) is 12.4. The molecule has 0 bridgehead atoms. The van der Waals surface area contributed by atoms with Crippen LogP contribution in [0.3, 0.4) is 0 Å². The van der Waals surface area contributed by atoms with E-state index in [1.807, 2.05) is 17.0 Å². The first-order valence-electron chi connectivity index (χ1n) is 6.07. The number of rotatable bonds is 1. The Hall–Kier alpha value is -2.09. The van der Waals surface area contributed by atoms with Crippen molar-refractivity contribution in [3.8, 4) is 6.07 Å². The van der Waals surface area contributed by atoms with Crippen LogP contribution in [0, 0.1) is 11.3 Å². The Kier molecular flexibility index (Phi) is 3.78. The molecule has 1 aromatic rings. The largest absolute Gasteiger partial charge is 0.370 e. The standard InChI is InChI=1S/C13H16N4O/c1-11(18)16-5-2-6-17(8-7-16)13-3-4-15-12(9-13)10-14/h3-4,9H,2,5-8H2,1H3. The highest BCUT2D eigenvalue weighted by Crippen LogP contribution is 2.16. The summed E-state index contributed by atoms with van der Waals surface area (Å²) in [5, 5.41) is 8.85. The highest BCUT2D eigenvalue weighted by Gasteiger charge is 2.16. The fourth-order valence-electron chi connectivity index (χ4n) is 2.17. The summed E-state index contributed by atoms with van der Waals surface area (Å²) in [4.78, 5) is 19.4. The van der Waals surface area contributed by atoms with E-state index in [2.05, 4.69) is 9.88 Å². The van der Waals surface area contributed by atoms with Crippen LogP contribution in [0.4, 0.5) is 5.69 Å². The summed E-state index contributed by atoms with van der Waals surface area (Å²) in [6.07, 6.45) is 2.60. The third kappa shape index (κ3) is 2.77. The molecule has 0 saturated carbocycles. The first-order chi connectivity index (χ1) is 8.70. The van der Waals surface area contributed by atoms with E-state index < -0.39 is 0 Å². The number of carbonyl (C=O) groups is 1. The van der Waals surface area contributed by atoms with Crippen LogP contribution >= 0.6 is 0 Å². The number of nitrogens with zero attached hydrogens (tertiary/aromatic N) is 4. The molecule has 0 unspecified atom stereocenters. The van der Waals surface area contributed by atoms with E-state index >= 15 is 0 Å². The summed E-state index contributed by atoms with van der Waals surface area (Å²) >= 11 is 0. The Morgan fingerprint density at radius 3 is 2.94 bits per heavy atom. The lowest BCUT2D eigenvalue weighted by atomic mass is 10.3. The van der Waals surface area contributed by atoms with E-state index in [4.69, 9.17) is 5.26 Å². The Morgan fingerprint density at radius 2 is 2.22 bits per heavy atom. The zero-order valence-electron chi connectivity index (χ0n) is 10.5. The molecule has 1 aliphatic heterocycles. The van der Waals surface area contributed by atoms with E-state index in [9.17, 15) is 4.79 Å². The molecule has 0 atom stereocenters. The molecule has 0 aliphatic carbocycles. The fourth-order valence-corrected chi connectivity index (χ4v) is 2.17. The second-order valence-corrected chi connectivity index (χ2v) is 4.36. The summed E-state index contributed by atoms with van der Waals surface area (Å²) in [5.74, 6) is 0.129. The average Bonchev–Trinajstić information content (AvgIpc) is 2.64. The molecule has 0 N–H and O–H groups in total. The summed E-state index contributed by atoms with van der Waals surface area (Å²) in [5.41, 5.74) is 1.44. The van der Waals surface area contributed by atoms with Crippen LogP contribution in [0.5, 0.6) is 0 Å². The van der Waals surface area contributed by atoms with Crippen LogP contribution in [-0.2, 0) is 4.79 Å². The van der Waals surface area contributed by atoms with Crippen molar-refractivity contribution in [3.63, 3.8) is 0 Å². The molecule has 1 aromatic heterocycles. The van der Waals surface area contributed by atoms with Gasteiger partial charge in [-0.1, -0.05) is 0 Å². The molecule has 0 aromatic carbocycles. The third-order valence-electron chi connectivity index (χ3n) is 3.16. The number of pyridine rings is 1. The Morgan fingerprint density at radius 1 is 1.39 bits per heavy atom. The van der Waals surface area contributed by atoms with Gasteiger partial charge in [0.15, 0.2) is 0 Å². The van der Waals surface area contributed by atoms with Crippen molar-refractivity contribution >= 4 is 11.6 Å². The van der Waals surface area contributed by atoms with Crippen LogP contribution in [0.25, 0.3) is 0 Å². The molecule has 1 amide bonds.